The molecular weight excluding hydrogens is 1010 g/mol. The average Bonchev–Trinajstić information content (AvgIpc) is 4.04. The Bertz CT molecular complexity index is 3680. The van der Waals surface area contributed by atoms with Gasteiger partial charge in [-0.25, -0.2) is 9.97 Å². The summed E-state index contributed by atoms with van der Waals surface area (Å²) in [5.74, 6) is 4.07. The van der Waals surface area contributed by atoms with Crippen molar-refractivity contribution < 1.29 is 29.0 Å². The highest BCUT2D eigenvalue weighted by molar-refractivity contribution is 9.10. The molecule has 4 N–H and O–H groups in total. The summed E-state index contributed by atoms with van der Waals surface area (Å²) >= 11 is 3.50. The van der Waals surface area contributed by atoms with E-state index in [9.17, 15) is 19.6 Å². The van der Waals surface area contributed by atoms with Crippen LogP contribution in [-0.4, -0.2) is 123 Å². The number of hydrogen-bond donors (Lipinski definition) is 4. The van der Waals surface area contributed by atoms with Crippen LogP contribution in [0.3, 0.4) is 0 Å². The molecule has 0 bridgehead atoms. The standard InChI is InChI=1S/C27H27N5O3.C16H11BrN4O.C11H18BNO4/c1-31(2)14-21-24(34-4)11-17(12-25(21)35-5)20-15-32(3)27(33)19-10-16(6-7-18(19)20)26-29-22-8-9-28-13-23(22)30-26;1-21-8-12(17)10-3-2-9(6-11(10)16(21)22)15-19-13-4-5-18-7-14(13)20-15;1-13(2)7-9-10(16-3)5-8(12(14)15)6-11(9)17-4/h6-13,15H,14H2,1-5H3,(H,29,30);2-8H,1H3,(H,19,20);5-6,14-15H,7H2,1-4H3. The molecule has 10 aromatic rings. The second kappa shape index (κ2) is 22.5. The van der Waals surface area contributed by atoms with Crippen molar-refractivity contribution in [1.29, 1.82) is 0 Å². The number of nitrogens with one attached hydrogen (secondary N) is 2. The van der Waals surface area contributed by atoms with Crippen molar-refractivity contribution in [3.8, 4) is 56.9 Å². The van der Waals surface area contributed by atoms with Gasteiger partial charge in [0.25, 0.3) is 11.1 Å². The van der Waals surface area contributed by atoms with Crippen LogP contribution in [0.4, 0.5) is 0 Å². The SMILES string of the molecule is COc1cc(-c2cn(C)c(=O)c3cc(-c4nc5ccncc5[nH]4)ccc23)cc(OC)c1CN(C)C.COc1cc(B(O)O)cc(OC)c1CN(C)C.Cn1cc(Br)c2ccc(-c3nc4ccncc4[nH]3)cc2c1=O. The second-order valence-corrected chi connectivity index (χ2v) is 18.8. The van der Waals surface area contributed by atoms with Gasteiger partial charge in [0.2, 0.25) is 0 Å². The summed E-state index contributed by atoms with van der Waals surface area (Å²) in [6.45, 7) is 1.32. The summed E-state index contributed by atoms with van der Waals surface area (Å²) in [4.78, 5) is 53.5. The maximum Gasteiger partial charge on any atom is 0.488 e. The van der Waals surface area contributed by atoms with Gasteiger partial charge in [0.1, 0.15) is 34.6 Å². The molecule has 10 rings (SSSR count). The number of ether oxygens (including phenoxy) is 4. The highest BCUT2D eigenvalue weighted by Crippen LogP contribution is 2.38. The number of rotatable bonds is 12. The zero-order valence-corrected chi connectivity index (χ0v) is 44.3. The molecule has 0 spiro atoms. The van der Waals surface area contributed by atoms with Gasteiger partial charge < -0.3 is 57.9 Å². The normalized spacial score (nSPS) is 11.2. The number of imidazole rings is 2. The Morgan fingerprint density at radius 2 is 1.01 bits per heavy atom. The predicted octanol–water partition coefficient (Wildman–Crippen LogP) is 6.91. The molecule has 74 heavy (non-hydrogen) atoms. The number of fused-ring (bicyclic) bond motifs is 4. The first-order valence-corrected chi connectivity index (χ1v) is 24.0. The van der Waals surface area contributed by atoms with Gasteiger partial charge >= 0.3 is 7.12 Å². The van der Waals surface area contributed by atoms with Crippen molar-refractivity contribution >= 4 is 72.1 Å². The molecule has 18 nitrogen and oxygen atoms in total. The van der Waals surface area contributed by atoms with Crippen LogP contribution in [0.5, 0.6) is 23.0 Å². The van der Waals surface area contributed by atoms with Crippen LogP contribution >= 0.6 is 15.9 Å². The zero-order valence-electron chi connectivity index (χ0n) is 42.7. The smallest absolute Gasteiger partial charge is 0.488 e. The Balaban J connectivity index is 0.000000160. The predicted molar refractivity (Wildman–Crippen MR) is 295 cm³/mol. The first-order valence-electron chi connectivity index (χ1n) is 23.2. The molecule has 4 aromatic carbocycles. The van der Waals surface area contributed by atoms with E-state index in [1.165, 1.54) is 0 Å². The van der Waals surface area contributed by atoms with Gasteiger partial charge in [0.05, 0.1) is 74.0 Å². The number of halogens is 1. The molecule has 0 saturated heterocycles. The van der Waals surface area contributed by atoms with Gasteiger partial charge in [-0.2, -0.15) is 0 Å². The van der Waals surface area contributed by atoms with Crippen LogP contribution in [0, 0.1) is 0 Å². The minimum atomic E-state index is -1.54. The number of benzene rings is 4. The molecule has 0 amide bonds. The molecule has 380 valence electrons. The van der Waals surface area contributed by atoms with E-state index in [4.69, 9.17) is 18.9 Å². The summed E-state index contributed by atoms with van der Waals surface area (Å²) in [6, 6.07) is 22.5. The first-order chi connectivity index (χ1) is 35.5. The first kappa shape index (κ1) is 52.4. The van der Waals surface area contributed by atoms with Gasteiger partial charge in [-0.1, -0.05) is 24.3 Å². The maximum atomic E-state index is 13.2. The largest absolute Gasteiger partial charge is 0.496 e. The summed E-state index contributed by atoms with van der Waals surface area (Å²) < 4.78 is 26.0. The van der Waals surface area contributed by atoms with Gasteiger partial charge in [0.15, 0.2) is 0 Å². The molecule has 0 aliphatic rings. The van der Waals surface area contributed by atoms with Crippen LogP contribution in [0.2, 0.25) is 0 Å². The molecule has 0 radical (unpaired) electrons. The lowest BCUT2D eigenvalue weighted by Gasteiger charge is -2.19. The highest BCUT2D eigenvalue weighted by Gasteiger charge is 2.21. The third-order valence-corrected chi connectivity index (χ3v) is 12.9. The zero-order chi connectivity index (χ0) is 53.0. The third-order valence-electron chi connectivity index (χ3n) is 12.2. The van der Waals surface area contributed by atoms with Crippen LogP contribution in [-0.2, 0) is 27.2 Å². The number of aromatic amines is 2. The topological polar surface area (TPSA) is 211 Å². The lowest BCUT2D eigenvalue weighted by Crippen LogP contribution is -2.30. The van der Waals surface area contributed by atoms with E-state index in [0.717, 1.165) is 88.0 Å². The Morgan fingerprint density at radius 3 is 1.45 bits per heavy atom. The van der Waals surface area contributed by atoms with E-state index in [1.54, 1.807) is 94.8 Å². The number of aromatic nitrogens is 8. The van der Waals surface area contributed by atoms with Gasteiger partial charge in [0, 0.05) is 89.3 Å². The molecule has 0 unspecified atom stereocenters. The highest BCUT2D eigenvalue weighted by atomic mass is 79.9. The molecule has 0 fully saturated rings. The lowest BCUT2D eigenvalue weighted by atomic mass is 9.79. The fourth-order valence-electron chi connectivity index (χ4n) is 8.63. The van der Waals surface area contributed by atoms with Crippen LogP contribution < -0.4 is 35.5 Å². The van der Waals surface area contributed by atoms with E-state index >= 15 is 0 Å². The van der Waals surface area contributed by atoms with Crippen molar-refractivity contribution in [2.45, 2.75) is 13.1 Å². The van der Waals surface area contributed by atoms with Crippen molar-refractivity contribution in [2.75, 3.05) is 56.6 Å². The molecule has 0 aliphatic carbocycles. The van der Waals surface area contributed by atoms with Crippen molar-refractivity contribution in [2.24, 2.45) is 14.1 Å². The number of nitrogens with zero attached hydrogens (tertiary/aromatic N) is 8. The third kappa shape index (κ3) is 11.0. The van der Waals surface area contributed by atoms with E-state index in [2.05, 4.69) is 50.7 Å². The summed E-state index contributed by atoms with van der Waals surface area (Å²) in [7, 11) is 16.3. The number of pyridine rings is 4. The quantitative estimate of drug-likeness (QED) is 0.0917. The maximum absolute atomic E-state index is 13.2. The molecule has 0 saturated carbocycles. The monoisotopic (exact) mass is 1060 g/mol. The fourth-order valence-corrected chi connectivity index (χ4v) is 9.29. The minimum Gasteiger partial charge on any atom is -0.496 e. The lowest BCUT2D eigenvalue weighted by molar-refractivity contribution is 0.348. The van der Waals surface area contributed by atoms with E-state index in [0.29, 0.717) is 46.6 Å². The number of aryl methyl sites for hydroxylation is 2. The Kier molecular flexibility index (Phi) is 15.9. The summed E-state index contributed by atoms with van der Waals surface area (Å²) in [6.07, 6.45) is 10.5. The van der Waals surface area contributed by atoms with E-state index in [1.807, 2.05) is 100.0 Å². The van der Waals surface area contributed by atoms with Gasteiger partial charge in [-0.05, 0) is 109 Å². The second-order valence-electron chi connectivity index (χ2n) is 17.9. The van der Waals surface area contributed by atoms with Crippen molar-refractivity contribution in [1.82, 2.24) is 48.8 Å². The van der Waals surface area contributed by atoms with Crippen molar-refractivity contribution in [3.05, 3.63) is 146 Å². The Morgan fingerprint density at radius 1 is 0.581 bits per heavy atom. The molecule has 0 atom stereocenters. The molecular formula is C54H56BBrN10O8. The van der Waals surface area contributed by atoms with E-state index < -0.39 is 7.12 Å². The van der Waals surface area contributed by atoms with Crippen LogP contribution in [0.1, 0.15) is 11.1 Å². The van der Waals surface area contributed by atoms with Crippen molar-refractivity contribution in [3.63, 3.8) is 0 Å². The number of methoxy groups -OCH3 is 4. The number of H-pyrrole nitrogens is 2. The van der Waals surface area contributed by atoms with Gasteiger partial charge in [-0.3, -0.25) is 19.6 Å². The van der Waals surface area contributed by atoms with Crippen LogP contribution in [0.25, 0.3) is 77.5 Å². The fraction of sp³-hybridized carbons (Fsp3) is 0.222. The molecule has 6 heterocycles. The molecule has 20 heteroatoms. The van der Waals surface area contributed by atoms with Crippen LogP contribution in [0.15, 0.2) is 124 Å². The van der Waals surface area contributed by atoms with E-state index in [-0.39, 0.29) is 11.1 Å². The Labute approximate surface area is 435 Å². The minimum absolute atomic E-state index is 0.0298. The number of hydrogen-bond acceptors (Lipinski definition) is 14. The molecule has 0 aliphatic heterocycles. The summed E-state index contributed by atoms with van der Waals surface area (Å²) in [5, 5.41) is 21.3. The molecule has 6 aromatic heterocycles. The average molecular weight is 1060 g/mol. The summed E-state index contributed by atoms with van der Waals surface area (Å²) in [5.41, 5.74) is 9.02. The Hall–Kier alpha value is -7.88. The van der Waals surface area contributed by atoms with Gasteiger partial charge in [-0.15, -0.1) is 0 Å².